The summed E-state index contributed by atoms with van der Waals surface area (Å²) in [4.78, 5) is 0. The molecule has 1 nitrogen and oxygen atoms in total. The van der Waals surface area contributed by atoms with Crippen LogP contribution in [0.2, 0.25) is 0 Å². The van der Waals surface area contributed by atoms with Gasteiger partial charge in [0.05, 0.1) is 6.10 Å². The van der Waals surface area contributed by atoms with Gasteiger partial charge < -0.3 is 5.11 Å². The van der Waals surface area contributed by atoms with Crippen molar-refractivity contribution in [2.24, 2.45) is 11.3 Å². The summed E-state index contributed by atoms with van der Waals surface area (Å²) in [5, 5.41) is 9.89. The SMILES string of the molecule is CC(C)(C)C(O)C1CCCC1. The summed E-state index contributed by atoms with van der Waals surface area (Å²) < 4.78 is 0. The van der Waals surface area contributed by atoms with Gasteiger partial charge in [-0.05, 0) is 24.2 Å². The summed E-state index contributed by atoms with van der Waals surface area (Å²) in [7, 11) is 0. The zero-order valence-electron chi connectivity index (χ0n) is 7.93. The van der Waals surface area contributed by atoms with Gasteiger partial charge in [0, 0.05) is 0 Å². The van der Waals surface area contributed by atoms with Crippen LogP contribution in [0.4, 0.5) is 0 Å². The van der Waals surface area contributed by atoms with Gasteiger partial charge in [0.1, 0.15) is 0 Å². The first-order chi connectivity index (χ1) is 5.02. The van der Waals surface area contributed by atoms with Crippen LogP contribution in [-0.2, 0) is 0 Å². The minimum atomic E-state index is -0.0926. The Morgan fingerprint density at radius 1 is 1.18 bits per heavy atom. The lowest BCUT2D eigenvalue weighted by molar-refractivity contribution is 0.0141. The number of hydrogen-bond donors (Lipinski definition) is 1. The van der Waals surface area contributed by atoms with Crippen LogP contribution in [0.3, 0.4) is 0 Å². The maximum atomic E-state index is 9.89. The molecule has 1 heteroatoms. The molecule has 1 unspecified atom stereocenters. The van der Waals surface area contributed by atoms with Crippen molar-refractivity contribution in [1.82, 2.24) is 0 Å². The van der Waals surface area contributed by atoms with Gasteiger partial charge in [0.25, 0.3) is 0 Å². The van der Waals surface area contributed by atoms with E-state index in [1.165, 1.54) is 25.7 Å². The van der Waals surface area contributed by atoms with Crippen molar-refractivity contribution in [3.63, 3.8) is 0 Å². The van der Waals surface area contributed by atoms with Gasteiger partial charge >= 0.3 is 0 Å². The van der Waals surface area contributed by atoms with Crippen LogP contribution < -0.4 is 0 Å². The molecule has 0 saturated heterocycles. The molecular weight excluding hydrogens is 136 g/mol. The zero-order chi connectivity index (χ0) is 8.48. The van der Waals surface area contributed by atoms with Gasteiger partial charge in [-0.1, -0.05) is 33.6 Å². The molecule has 1 fully saturated rings. The minimum Gasteiger partial charge on any atom is -0.392 e. The van der Waals surface area contributed by atoms with Crippen molar-refractivity contribution in [3.05, 3.63) is 0 Å². The van der Waals surface area contributed by atoms with Crippen molar-refractivity contribution < 1.29 is 5.11 Å². The fourth-order valence-corrected chi connectivity index (χ4v) is 1.98. The summed E-state index contributed by atoms with van der Waals surface area (Å²) >= 11 is 0. The quantitative estimate of drug-likeness (QED) is 0.618. The van der Waals surface area contributed by atoms with Gasteiger partial charge in [0.15, 0.2) is 0 Å². The standard InChI is InChI=1S/C10H20O/c1-10(2,3)9(11)8-6-4-5-7-8/h8-9,11H,4-7H2,1-3H3. The first kappa shape index (κ1) is 9.05. The van der Waals surface area contributed by atoms with E-state index in [0.717, 1.165) is 0 Å². The average molecular weight is 156 g/mol. The van der Waals surface area contributed by atoms with Crippen molar-refractivity contribution in [2.75, 3.05) is 0 Å². The summed E-state index contributed by atoms with van der Waals surface area (Å²) in [6, 6.07) is 0. The fourth-order valence-electron chi connectivity index (χ4n) is 1.98. The van der Waals surface area contributed by atoms with Crippen molar-refractivity contribution in [3.8, 4) is 0 Å². The number of aliphatic hydroxyl groups excluding tert-OH is 1. The Balaban J connectivity index is 2.46. The Morgan fingerprint density at radius 3 is 2.00 bits per heavy atom. The van der Waals surface area contributed by atoms with Crippen LogP contribution in [0.5, 0.6) is 0 Å². The maximum Gasteiger partial charge on any atom is 0.0616 e. The molecule has 0 aromatic heterocycles. The molecule has 0 spiro atoms. The highest BCUT2D eigenvalue weighted by atomic mass is 16.3. The van der Waals surface area contributed by atoms with E-state index in [0.29, 0.717) is 5.92 Å². The molecule has 1 N–H and O–H groups in total. The Kier molecular flexibility index (Phi) is 2.58. The van der Waals surface area contributed by atoms with E-state index in [4.69, 9.17) is 0 Å². The van der Waals surface area contributed by atoms with Crippen LogP contribution in [0.15, 0.2) is 0 Å². The average Bonchev–Trinajstić information content (AvgIpc) is 2.34. The van der Waals surface area contributed by atoms with Crippen LogP contribution in [0.1, 0.15) is 46.5 Å². The lowest BCUT2D eigenvalue weighted by Crippen LogP contribution is -2.32. The van der Waals surface area contributed by atoms with Gasteiger partial charge in [-0.25, -0.2) is 0 Å². The third-order valence-corrected chi connectivity index (χ3v) is 2.73. The molecule has 1 aliphatic carbocycles. The van der Waals surface area contributed by atoms with E-state index in [1.54, 1.807) is 0 Å². The minimum absolute atomic E-state index is 0.0784. The lowest BCUT2D eigenvalue weighted by atomic mass is 9.80. The second kappa shape index (κ2) is 3.14. The van der Waals surface area contributed by atoms with Gasteiger partial charge in [0.2, 0.25) is 0 Å². The fraction of sp³-hybridized carbons (Fsp3) is 1.00. The van der Waals surface area contributed by atoms with E-state index in [2.05, 4.69) is 20.8 Å². The van der Waals surface area contributed by atoms with Crippen LogP contribution in [-0.4, -0.2) is 11.2 Å². The smallest absolute Gasteiger partial charge is 0.0616 e. The van der Waals surface area contributed by atoms with Crippen LogP contribution in [0, 0.1) is 11.3 Å². The molecule has 1 atom stereocenters. The van der Waals surface area contributed by atoms with E-state index >= 15 is 0 Å². The highest BCUT2D eigenvalue weighted by molar-refractivity contribution is 4.82. The van der Waals surface area contributed by atoms with Crippen LogP contribution >= 0.6 is 0 Å². The molecule has 0 radical (unpaired) electrons. The Morgan fingerprint density at radius 2 is 1.64 bits per heavy atom. The first-order valence-electron chi connectivity index (χ1n) is 4.70. The molecule has 1 saturated carbocycles. The molecule has 66 valence electrons. The molecule has 1 rings (SSSR count). The topological polar surface area (TPSA) is 20.2 Å². The number of hydrogen-bond acceptors (Lipinski definition) is 1. The second-order valence-corrected chi connectivity index (χ2v) is 4.86. The van der Waals surface area contributed by atoms with E-state index in [-0.39, 0.29) is 11.5 Å². The van der Waals surface area contributed by atoms with Gasteiger partial charge in [-0.3, -0.25) is 0 Å². The first-order valence-corrected chi connectivity index (χ1v) is 4.70. The molecular formula is C10H20O. The number of aliphatic hydroxyl groups is 1. The molecule has 1 aliphatic rings. The third-order valence-electron chi connectivity index (χ3n) is 2.73. The molecule has 0 heterocycles. The largest absolute Gasteiger partial charge is 0.392 e. The highest BCUT2D eigenvalue weighted by Gasteiger charge is 2.31. The summed E-state index contributed by atoms with van der Waals surface area (Å²) in [5.41, 5.74) is 0.0784. The normalized spacial score (nSPS) is 24.0. The number of rotatable bonds is 1. The third kappa shape index (κ3) is 2.19. The second-order valence-electron chi connectivity index (χ2n) is 4.86. The van der Waals surface area contributed by atoms with E-state index < -0.39 is 0 Å². The maximum absolute atomic E-state index is 9.89. The van der Waals surface area contributed by atoms with Crippen molar-refractivity contribution in [1.29, 1.82) is 0 Å². The predicted molar refractivity (Wildman–Crippen MR) is 47.4 cm³/mol. The Bertz CT molecular complexity index is 117. The zero-order valence-corrected chi connectivity index (χ0v) is 7.93. The molecule has 0 aromatic carbocycles. The van der Waals surface area contributed by atoms with Crippen molar-refractivity contribution >= 4 is 0 Å². The molecule has 0 bridgehead atoms. The Labute approximate surface area is 69.8 Å². The monoisotopic (exact) mass is 156 g/mol. The summed E-state index contributed by atoms with van der Waals surface area (Å²) in [6.45, 7) is 6.36. The van der Waals surface area contributed by atoms with E-state index in [1.807, 2.05) is 0 Å². The molecule has 11 heavy (non-hydrogen) atoms. The van der Waals surface area contributed by atoms with Gasteiger partial charge in [-0.15, -0.1) is 0 Å². The molecule has 0 aliphatic heterocycles. The Hall–Kier alpha value is -0.0400. The summed E-state index contributed by atoms with van der Waals surface area (Å²) in [5.74, 6) is 0.579. The van der Waals surface area contributed by atoms with Crippen molar-refractivity contribution in [2.45, 2.75) is 52.6 Å². The molecule has 0 aromatic rings. The lowest BCUT2D eigenvalue weighted by Gasteiger charge is -2.30. The summed E-state index contributed by atoms with van der Waals surface area (Å²) in [6.07, 6.45) is 5.01. The molecule has 0 amide bonds. The predicted octanol–water partition coefficient (Wildman–Crippen LogP) is 2.58. The highest BCUT2D eigenvalue weighted by Crippen LogP contribution is 2.35. The van der Waals surface area contributed by atoms with Crippen LogP contribution in [0.25, 0.3) is 0 Å². The van der Waals surface area contributed by atoms with Gasteiger partial charge in [-0.2, -0.15) is 0 Å². The van der Waals surface area contributed by atoms with E-state index in [9.17, 15) is 5.11 Å².